The number of para-hydroxylation sites is 2. The third kappa shape index (κ3) is 4.71. The van der Waals surface area contributed by atoms with E-state index in [0.29, 0.717) is 31.9 Å². The molecule has 0 bridgehead atoms. The van der Waals surface area contributed by atoms with Gasteiger partial charge in [0.15, 0.2) is 6.54 Å². The number of piperazine rings is 1. The first-order valence-electron chi connectivity index (χ1n) is 9.92. The van der Waals surface area contributed by atoms with Crippen molar-refractivity contribution in [2.75, 3.05) is 50.8 Å². The maximum atomic E-state index is 12.8. The van der Waals surface area contributed by atoms with E-state index in [2.05, 4.69) is 4.90 Å². The predicted molar refractivity (Wildman–Crippen MR) is 102 cm³/mol. The zero-order chi connectivity index (χ0) is 19.2. The number of rotatable bonds is 5. The van der Waals surface area contributed by atoms with Crippen molar-refractivity contribution in [3.63, 3.8) is 0 Å². The van der Waals surface area contributed by atoms with Crippen LogP contribution in [0.5, 0.6) is 5.75 Å². The third-order valence-electron chi connectivity index (χ3n) is 5.48. The summed E-state index contributed by atoms with van der Waals surface area (Å²) in [7, 11) is 0. The molecule has 1 amide bonds. The van der Waals surface area contributed by atoms with Gasteiger partial charge in [0, 0.05) is 6.54 Å². The molecule has 0 aliphatic carbocycles. The summed E-state index contributed by atoms with van der Waals surface area (Å²) in [5.41, 5.74) is 0.848. The lowest BCUT2D eigenvalue weighted by atomic mass is 10.0. The lowest BCUT2D eigenvalue weighted by Crippen LogP contribution is -3.16. The molecule has 2 aliphatic rings. The van der Waals surface area contributed by atoms with Crippen LogP contribution < -0.4 is 9.80 Å². The van der Waals surface area contributed by atoms with Gasteiger partial charge in [0.1, 0.15) is 11.8 Å². The van der Waals surface area contributed by atoms with Gasteiger partial charge in [-0.1, -0.05) is 12.1 Å². The highest BCUT2D eigenvalue weighted by atomic mass is 16.5. The zero-order valence-corrected chi connectivity index (χ0v) is 16.0. The monoisotopic (exact) mass is 376 g/mol. The van der Waals surface area contributed by atoms with Gasteiger partial charge in [-0.15, -0.1) is 0 Å². The van der Waals surface area contributed by atoms with Gasteiger partial charge in [-0.05, 0) is 38.3 Å². The van der Waals surface area contributed by atoms with Crippen LogP contribution in [0.4, 0.5) is 5.69 Å². The molecule has 0 unspecified atom stereocenters. The summed E-state index contributed by atoms with van der Waals surface area (Å²) in [6, 6.07) is 6.93. The number of phenolic OH excluding ortho intramolecular Hbond substituents is 1. The summed E-state index contributed by atoms with van der Waals surface area (Å²) in [6.45, 7) is 6.43. The molecule has 2 N–H and O–H groups in total. The molecule has 7 nitrogen and oxygen atoms in total. The van der Waals surface area contributed by atoms with Crippen LogP contribution in [0.15, 0.2) is 24.3 Å². The van der Waals surface area contributed by atoms with Crippen LogP contribution in [-0.4, -0.2) is 73.8 Å². The summed E-state index contributed by atoms with van der Waals surface area (Å²) in [5.74, 6) is 0.0614. The van der Waals surface area contributed by atoms with Crippen LogP contribution in [0.2, 0.25) is 0 Å². The Morgan fingerprint density at radius 3 is 2.63 bits per heavy atom. The topological polar surface area (TPSA) is 74.5 Å². The second-order valence-electron chi connectivity index (χ2n) is 7.25. The zero-order valence-electron chi connectivity index (χ0n) is 16.0. The van der Waals surface area contributed by atoms with Gasteiger partial charge >= 0.3 is 5.97 Å². The Kier molecular flexibility index (Phi) is 6.55. The summed E-state index contributed by atoms with van der Waals surface area (Å²) < 4.78 is 5.16. The molecule has 1 aromatic rings. The number of ether oxygens (including phenoxy) is 1. The molecule has 7 heteroatoms. The van der Waals surface area contributed by atoms with Crippen molar-refractivity contribution in [3.8, 4) is 5.75 Å². The van der Waals surface area contributed by atoms with Gasteiger partial charge in [0.25, 0.3) is 5.91 Å². The number of phenols is 1. The van der Waals surface area contributed by atoms with E-state index in [1.165, 1.54) is 4.90 Å². The number of carbonyl (C=O) groups excluding carboxylic acids is 2. The molecule has 148 valence electrons. The smallest absolute Gasteiger partial charge is 0.328 e. The minimum absolute atomic E-state index is 0.0405. The average Bonchev–Trinajstić information content (AvgIpc) is 2.69. The SMILES string of the molecule is CCOC(=O)[C@@H]1CCCCN1C(=O)C[NH+]1CCN(c2ccccc2O)CC1. The fourth-order valence-corrected chi connectivity index (χ4v) is 4.00. The van der Waals surface area contributed by atoms with E-state index < -0.39 is 6.04 Å². The molecule has 1 atom stereocenters. The van der Waals surface area contributed by atoms with E-state index in [1.54, 1.807) is 17.9 Å². The van der Waals surface area contributed by atoms with Crippen molar-refractivity contribution < 1.29 is 24.3 Å². The molecule has 0 saturated carbocycles. The number of piperidine rings is 1. The van der Waals surface area contributed by atoms with Gasteiger partial charge in [0.2, 0.25) is 0 Å². The second-order valence-corrected chi connectivity index (χ2v) is 7.25. The molecule has 3 rings (SSSR count). The van der Waals surface area contributed by atoms with E-state index in [9.17, 15) is 14.7 Å². The van der Waals surface area contributed by atoms with E-state index in [0.717, 1.165) is 44.7 Å². The number of carbonyl (C=O) groups is 2. The van der Waals surface area contributed by atoms with E-state index >= 15 is 0 Å². The number of aromatic hydroxyl groups is 1. The highest BCUT2D eigenvalue weighted by Gasteiger charge is 2.35. The molecule has 0 spiro atoms. The molecule has 2 saturated heterocycles. The van der Waals surface area contributed by atoms with Crippen LogP contribution in [-0.2, 0) is 14.3 Å². The number of hydrogen-bond donors (Lipinski definition) is 2. The Morgan fingerprint density at radius 2 is 1.93 bits per heavy atom. The fourth-order valence-electron chi connectivity index (χ4n) is 4.00. The molecule has 2 aliphatic heterocycles. The Labute approximate surface area is 160 Å². The Hall–Kier alpha value is -2.28. The lowest BCUT2D eigenvalue weighted by Gasteiger charge is -2.37. The third-order valence-corrected chi connectivity index (χ3v) is 5.48. The van der Waals surface area contributed by atoms with Crippen LogP contribution in [0, 0.1) is 0 Å². The number of amides is 1. The largest absolute Gasteiger partial charge is 0.506 e. The fraction of sp³-hybridized carbons (Fsp3) is 0.600. The Balaban J connectivity index is 1.54. The van der Waals surface area contributed by atoms with Gasteiger partial charge in [-0.2, -0.15) is 0 Å². The molecule has 2 heterocycles. The highest BCUT2D eigenvalue weighted by molar-refractivity contribution is 5.85. The molecule has 0 radical (unpaired) electrons. The molecule has 1 aromatic carbocycles. The minimum atomic E-state index is -0.423. The lowest BCUT2D eigenvalue weighted by molar-refractivity contribution is -0.892. The highest BCUT2D eigenvalue weighted by Crippen LogP contribution is 2.26. The van der Waals surface area contributed by atoms with E-state index in [4.69, 9.17) is 4.74 Å². The first kappa shape index (κ1) is 19.5. The van der Waals surface area contributed by atoms with Crippen molar-refractivity contribution in [1.29, 1.82) is 0 Å². The molecule has 2 fully saturated rings. The van der Waals surface area contributed by atoms with Crippen LogP contribution in [0.25, 0.3) is 0 Å². The summed E-state index contributed by atoms with van der Waals surface area (Å²) in [5, 5.41) is 10.0. The quantitative estimate of drug-likeness (QED) is 0.710. The van der Waals surface area contributed by atoms with Crippen LogP contribution in [0.3, 0.4) is 0 Å². The predicted octanol–water partition coefficient (Wildman–Crippen LogP) is 0.0413. The van der Waals surface area contributed by atoms with E-state index in [-0.39, 0.29) is 11.9 Å². The van der Waals surface area contributed by atoms with Gasteiger partial charge < -0.3 is 24.5 Å². The minimum Gasteiger partial charge on any atom is -0.506 e. The van der Waals surface area contributed by atoms with Crippen molar-refractivity contribution in [2.45, 2.75) is 32.2 Å². The van der Waals surface area contributed by atoms with Crippen molar-refractivity contribution >= 4 is 17.6 Å². The maximum Gasteiger partial charge on any atom is 0.328 e. The summed E-state index contributed by atoms with van der Waals surface area (Å²) >= 11 is 0. The van der Waals surface area contributed by atoms with E-state index in [1.807, 2.05) is 18.2 Å². The van der Waals surface area contributed by atoms with Gasteiger partial charge in [-0.25, -0.2) is 4.79 Å². The number of anilines is 1. The summed E-state index contributed by atoms with van der Waals surface area (Å²) in [4.78, 5) is 30.1. The van der Waals surface area contributed by atoms with Crippen LogP contribution in [0.1, 0.15) is 26.2 Å². The van der Waals surface area contributed by atoms with Gasteiger partial charge in [0.05, 0.1) is 38.5 Å². The van der Waals surface area contributed by atoms with Crippen LogP contribution >= 0.6 is 0 Å². The first-order chi connectivity index (χ1) is 13.1. The second kappa shape index (κ2) is 9.08. The Morgan fingerprint density at radius 1 is 1.19 bits per heavy atom. The number of hydrogen-bond acceptors (Lipinski definition) is 5. The average molecular weight is 376 g/mol. The standard InChI is InChI=1S/C20H29N3O4/c1-2-27-20(26)17-8-5-6-10-23(17)19(25)15-21-11-13-22(14-12-21)16-7-3-4-9-18(16)24/h3-4,7,9,17,24H,2,5-6,8,10-15H2,1H3/p+1/t17-/m0/s1. The number of nitrogens with zero attached hydrogens (tertiary/aromatic N) is 2. The number of quaternary nitrogens is 1. The normalized spacial score (nSPS) is 21.1. The maximum absolute atomic E-state index is 12.8. The molecule has 27 heavy (non-hydrogen) atoms. The number of benzene rings is 1. The summed E-state index contributed by atoms with van der Waals surface area (Å²) in [6.07, 6.45) is 2.60. The number of likely N-dealkylation sites (tertiary alicyclic amines) is 1. The molecular weight excluding hydrogens is 346 g/mol. The first-order valence-corrected chi connectivity index (χ1v) is 9.92. The number of esters is 1. The number of nitrogens with one attached hydrogen (secondary N) is 1. The van der Waals surface area contributed by atoms with Crippen molar-refractivity contribution in [2.24, 2.45) is 0 Å². The van der Waals surface area contributed by atoms with Gasteiger partial charge in [-0.3, -0.25) is 4.79 Å². The Bertz CT molecular complexity index is 658. The molecular formula is C20H30N3O4+. The van der Waals surface area contributed by atoms with Crippen molar-refractivity contribution in [3.05, 3.63) is 24.3 Å². The molecule has 0 aromatic heterocycles. The van der Waals surface area contributed by atoms with Crippen molar-refractivity contribution in [1.82, 2.24) is 4.90 Å².